The van der Waals surface area contributed by atoms with Crippen molar-refractivity contribution in [1.82, 2.24) is 0 Å². The molecule has 0 aromatic carbocycles. The maximum atomic E-state index is 10.5. The van der Waals surface area contributed by atoms with Crippen LogP contribution in [0.3, 0.4) is 0 Å². The number of rotatable bonds is 9. The van der Waals surface area contributed by atoms with Gasteiger partial charge in [-0.2, -0.15) is 0 Å². The van der Waals surface area contributed by atoms with Gasteiger partial charge in [0.25, 0.3) is 0 Å². The molecule has 0 atom stereocenters. The van der Waals surface area contributed by atoms with Gasteiger partial charge in [-0.25, -0.2) is 0 Å². The molecular formula is C19H24O2. The van der Waals surface area contributed by atoms with Crippen LogP contribution in [-0.2, 0) is 9.53 Å². The Morgan fingerprint density at radius 1 is 1.10 bits per heavy atom. The van der Waals surface area contributed by atoms with Crippen LogP contribution >= 0.6 is 0 Å². The molecule has 0 aliphatic heterocycles. The monoisotopic (exact) mass is 284 g/mol. The van der Waals surface area contributed by atoms with Crippen molar-refractivity contribution in [2.75, 3.05) is 6.61 Å². The summed E-state index contributed by atoms with van der Waals surface area (Å²) in [6.45, 7) is 5.34. The van der Waals surface area contributed by atoms with Crippen molar-refractivity contribution >= 4 is 5.97 Å². The third-order valence-corrected chi connectivity index (χ3v) is 2.47. The van der Waals surface area contributed by atoms with Crippen LogP contribution in [-0.4, -0.2) is 12.6 Å². The molecule has 0 bridgehead atoms. The highest BCUT2D eigenvalue weighted by Crippen LogP contribution is 2.03. The van der Waals surface area contributed by atoms with Gasteiger partial charge in [-0.3, -0.25) is 4.79 Å². The summed E-state index contributed by atoms with van der Waals surface area (Å²) >= 11 is 0. The summed E-state index contributed by atoms with van der Waals surface area (Å²) in [6, 6.07) is 0. The molecular weight excluding hydrogens is 260 g/mol. The molecule has 0 radical (unpaired) electrons. The van der Waals surface area contributed by atoms with E-state index in [9.17, 15) is 4.79 Å². The van der Waals surface area contributed by atoms with E-state index in [0.29, 0.717) is 0 Å². The molecule has 0 aromatic heterocycles. The van der Waals surface area contributed by atoms with E-state index < -0.39 is 0 Å². The zero-order chi connectivity index (χ0) is 15.6. The maximum Gasteiger partial charge on any atom is 0.302 e. The molecule has 0 amide bonds. The van der Waals surface area contributed by atoms with Gasteiger partial charge in [0.2, 0.25) is 0 Å². The summed E-state index contributed by atoms with van der Waals surface area (Å²) < 4.78 is 4.71. The Morgan fingerprint density at radius 2 is 1.90 bits per heavy atom. The molecule has 0 N–H and O–H groups in total. The van der Waals surface area contributed by atoms with E-state index in [2.05, 4.69) is 42.4 Å². The zero-order valence-electron chi connectivity index (χ0n) is 12.9. The van der Waals surface area contributed by atoms with E-state index in [4.69, 9.17) is 4.74 Å². The van der Waals surface area contributed by atoms with Gasteiger partial charge in [-0.1, -0.05) is 36.5 Å². The van der Waals surface area contributed by atoms with Crippen LogP contribution in [0.4, 0.5) is 0 Å². The minimum Gasteiger partial charge on any atom is -0.462 e. The molecule has 0 heterocycles. The lowest BCUT2D eigenvalue weighted by Crippen LogP contribution is -1.96. The molecule has 0 fully saturated rings. The second kappa shape index (κ2) is 15.9. The van der Waals surface area contributed by atoms with Crippen molar-refractivity contribution in [3.05, 3.63) is 37.0 Å². The first-order valence-corrected chi connectivity index (χ1v) is 7.30. The van der Waals surface area contributed by atoms with Crippen molar-refractivity contribution < 1.29 is 9.53 Å². The van der Waals surface area contributed by atoms with E-state index in [1.165, 1.54) is 26.2 Å². The Hall–Kier alpha value is -2.19. The number of hydrogen-bond acceptors (Lipinski definition) is 2. The largest absolute Gasteiger partial charge is 0.462 e. The summed E-state index contributed by atoms with van der Waals surface area (Å²) in [4.78, 5) is 10.5. The highest BCUT2D eigenvalue weighted by molar-refractivity contribution is 5.66. The highest BCUT2D eigenvalue weighted by atomic mass is 16.5. The topological polar surface area (TPSA) is 26.3 Å². The van der Waals surface area contributed by atoms with Gasteiger partial charge in [0.1, 0.15) is 6.61 Å². The summed E-state index contributed by atoms with van der Waals surface area (Å²) in [5.74, 6) is 10.9. The van der Waals surface area contributed by atoms with Gasteiger partial charge < -0.3 is 4.74 Å². The van der Waals surface area contributed by atoms with E-state index >= 15 is 0 Å². The molecule has 2 heteroatoms. The molecule has 0 aliphatic rings. The Bertz CT molecular complexity index is 461. The average Bonchev–Trinajstić information content (AvgIpc) is 2.46. The molecule has 0 saturated carbocycles. The van der Waals surface area contributed by atoms with E-state index in [0.717, 1.165) is 19.3 Å². The second-order valence-electron chi connectivity index (χ2n) is 4.38. The molecule has 0 aromatic rings. The number of hydrogen-bond donors (Lipinski definition) is 0. The number of unbranched alkanes of at least 4 members (excludes halogenated alkanes) is 4. The Kier molecular flexibility index (Phi) is 14.2. The minimum absolute atomic E-state index is 0.257. The molecule has 0 aliphatic carbocycles. The van der Waals surface area contributed by atoms with Crippen LogP contribution in [0.15, 0.2) is 37.0 Å². The molecule has 0 rings (SSSR count). The lowest BCUT2D eigenvalue weighted by atomic mass is 10.1. The van der Waals surface area contributed by atoms with Gasteiger partial charge in [-0.05, 0) is 49.7 Å². The zero-order valence-corrected chi connectivity index (χ0v) is 12.9. The summed E-state index contributed by atoms with van der Waals surface area (Å²) in [6.07, 6.45) is 16.2. The van der Waals surface area contributed by atoms with E-state index in [-0.39, 0.29) is 12.6 Å². The lowest BCUT2D eigenvalue weighted by molar-refractivity contribution is -0.139. The second-order valence-corrected chi connectivity index (χ2v) is 4.38. The van der Waals surface area contributed by atoms with Crippen LogP contribution in [0.5, 0.6) is 0 Å². The van der Waals surface area contributed by atoms with Gasteiger partial charge in [-0.15, -0.1) is 6.58 Å². The molecule has 112 valence electrons. The van der Waals surface area contributed by atoms with Crippen LogP contribution in [0, 0.1) is 23.7 Å². The van der Waals surface area contributed by atoms with Crippen LogP contribution < -0.4 is 0 Å². The smallest absolute Gasteiger partial charge is 0.302 e. The van der Waals surface area contributed by atoms with Crippen molar-refractivity contribution in [3.8, 4) is 23.7 Å². The van der Waals surface area contributed by atoms with Gasteiger partial charge in [0, 0.05) is 13.3 Å². The standard InChI is InChI=1S/C19H24O2/c1-3-4-5-6-7-8-9-10-11-12-13-14-15-16-17-18-21-19(2)20/h3,9-10,16-17H,1,4-8,11,18H2,2H3. The van der Waals surface area contributed by atoms with Crippen LogP contribution in [0.25, 0.3) is 0 Å². The first-order chi connectivity index (χ1) is 10.3. The van der Waals surface area contributed by atoms with Crippen LogP contribution in [0.1, 0.15) is 45.4 Å². The molecule has 0 spiro atoms. The Labute approximate surface area is 129 Å². The van der Waals surface area contributed by atoms with E-state index in [1.807, 2.05) is 6.08 Å². The summed E-state index contributed by atoms with van der Waals surface area (Å²) in [5.41, 5.74) is 0. The highest BCUT2D eigenvalue weighted by Gasteiger charge is 1.85. The Balaban J connectivity index is 3.56. The van der Waals surface area contributed by atoms with E-state index in [1.54, 1.807) is 12.2 Å². The lowest BCUT2D eigenvalue weighted by Gasteiger charge is -1.93. The summed E-state index contributed by atoms with van der Waals surface area (Å²) in [5, 5.41) is 0. The van der Waals surface area contributed by atoms with Crippen molar-refractivity contribution in [3.63, 3.8) is 0 Å². The first-order valence-electron chi connectivity index (χ1n) is 7.30. The average molecular weight is 284 g/mol. The third-order valence-electron chi connectivity index (χ3n) is 2.47. The Morgan fingerprint density at radius 3 is 2.67 bits per heavy atom. The van der Waals surface area contributed by atoms with Crippen molar-refractivity contribution in [1.29, 1.82) is 0 Å². The fourth-order valence-corrected chi connectivity index (χ4v) is 1.43. The van der Waals surface area contributed by atoms with Crippen molar-refractivity contribution in [2.24, 2.45) is 0 Å². The number of esters is 1. The van der Waals surface area contributed by atoms with Gasteiger partial charge in [0.05, 0.1) is 0 Å². The molecule has 0 saturated heterocycles. The fourth-order valence-electron chi connectivity index (χ4n) is 1.43. The molecule has 2 nitrogen and oxygen atoms in total. The maximum absolute atomic E-state index is 10.5. The van der Waals surface area contributed by atoms with Crippen molar-refractivity contribution in [2.45, 2.75) is 45.4 Å². The van der Waals surface area contributed by atoms with Gasteiger partial charge in [0.15, 0.2) is 0 Å². The minimum atomic E-state index is -0.292. The number of carbonyl (C=O) groups is 1. The SMILES string of the molecule is C=CCCCCCC=CCC#CC#CC=CCOC(C)=O. The molecule has 0 unspecified atom stereocenters. The molecule has 21 heavy (non-hydrogen) atoms. The quantitative estimate of drug-likeness (QED) is 0.274. The van der Waals surface area contributed by atoms with Gasteiger partial charge >= 0.3 is 5.97 Å². The third kappa shape index (κ3) is 17.8. The first kappa shape index (κ1) is 18.8. The predicted octanol–water partition coefficient (Wildman–Crippen LogP) is 4.20. The number of carbonyl (C=O) groups excluding carboxylic acids is 1. The number of allylic oxidation sites excluding steroid dienone is 4. The number of ether oxygens (including phenoxy) is 1. The fraction of sp³-hybridized carbons (Fsp3) is 0.421. The predicted molar refractivity (Wildman–Crippen MR) is 88.4 cm³/mol. The normalized spacial score (nSPS) is 9.76. The van der Waals surface area contributed by atoms with Crippen LogP contribution in [0.2, 0.25) is 0 Å². The summed E-state index contributed by atoms with van der Waals surface area (Å²) in [7, 11) is 0.